The molecule has 4 rings (SSSR count). The van der Waals surface area contributed by atoms with Crippen molar-refractivity contribution in [3.63, 3.8) is 0 Å². The third-order valence-corrected chi connectivity index (χ3v) is 6.09. The summed E-state index contributed by atoms with van der Waals surface area (Å²) < 4.78 is 5.57. The molecule has 0 aliphatic carbocycles. The lowest BCUT2D eigenvalue weighted by Crippen LogP contribution is -3.13. The number of nitrogens with zero attached hydrogens (tertiary/aromatic N) is 2. The van der Waals surface area contributed by atoms with Crippen LogP contribution in [0.15, 0.2) is 18.2 Å². The van der Waals surface area contributed by atoms with E-state index in [1.807, 2.05) is 4.90 Å². The molecule has 134 valence electrons. The summed E-state index contributed by atoms with van der Waals surface area (Å²) in [6.07, 6.45) is 1.01. The van der Waals surface area contributed by atoms with Crippen molar-refractivity contribution in [2.75, 3.05) is 51.6 Å². The Morgan fingerprint density at radius 1 is 1.24 bits per heavy atom. The van der Waals surface area contributed by atoms with Gasteiger partial charge in [0, 0.05) is 24.3 Å². The van der Waals surface area contributed by atoms with Crippen LogP contribution in [-0.2, 0) is 17.8 Å². The predicted molar refractivity (Wildman–Crippen MR) is 96.0 cm³/mol. The zero-order chi connectivity index (χ0) is 17.2. The van der Waals surface area contributed by atoms with E-state index in [1.54, 1.807) is 4.90 Å². The summed E-state index contributed by atoms with van der Waals surface area (Å²) in [6.45, 7) is 6.20. The molecule has 0 bridgehead atoms. The van der Waals surface area contributed by atoms with Crippen LogP contribution in [0, 0.1) is 0 Å². The number of carbonyl (C=O) groups excluding carboxylic acids is 2. The zero-order valence-corrected chi connectivity index (χ0v) is 15.1. The monoisotopic (exact) mass is 362 g/mol. The van der Waals surface area contributed by atoms with Crippen molar-refractivity contribution in [3.8, 4) is 5.75 Å². The van der Waals surface area contributed by atoms with Crippen molar-refractivity contribution in [1.82, 2.24) is 9.80 Å². The molecule has 3 heterocycles. The Bertz CT molecular complexity index is 674. The Balaban J connectivity index is 1.26. The van der Waals surface area contributed by atoms with Gasteiger partial charge in [-0.05, 0) is 23.8 Å². The molecule has 3 aliphatic rings. The maximum Gasteiger partial charge on any atom is 0.282 e. The molecular formula is C18H24N3O3S+. The molecule has 0 radical (unpaired) electrons. The van der Waals surface area contributed by atoms with Crippen molar-refractivity contribution in [2.45, 2.75) is 13.0 Å². The van der Waals surface area contributed by atoms with Crippen molar-refractivity contribution < 1.29 is 19.2 Å². The lowest BCUT2D eigenvalue weighted by atomic mass is 10.1. The minimum atomic E-state index is 0.0400. The fourth-order valence-corrected chi connectivity index (χ4v) is 4.54. The van der Waals surface area contributed by atoms with E-state index in [1.165, 1.54) is 27.8 Å². The molecule has 0 saturated carbocycles. The van der Waals surface area contributed by atoms with Crippen LogP contribution in [0.4, 0.5) is 4.79 Å². The molecule has 0 aromatic heterocycles. The van der Waals surface area contributed by atoms with Crippen molar-refractivity contribution in [3.05, 3.63) is 29.3 Å². The number of carbonyl (C=O) groups is 2. The number of nitrogens with one attached hydrogen (secondary N) is 1. The van der Waals surface area contributed by atoms with Gasteiger partial charge in [0.25, 0.3) is 5.24 Å². The lowest BCUT2D eigenvalue weighted by molar-refractivity contribution is -0.917. The summed E-state index contributed by atoms with van der Waals surface area (Å²) in [6, 6.07) is 6.51. The van der Waals surface area contributed by atoms with Gasteiger partial charge in [0.1, 0.15) is 18.8 Å². The number of thioether (sulfide) groups is 1. The first-order chi connectivity index (χ1) is 12.2. The van der Waals surface area contributed by atoms with E-state index < -0.39 is 0 Å². The van der Waals surface area contributed by atoms with E-state index in [2.05, 4.69) is 18.2 Å². The third kappa shape index (κ3) is 3.77. The first kappa shape index (κ1) is 16.7. The summed E-state index contributed by atoms with van der Waals surface area (Å²) in [5.41, 5.74) is 2.66. The smallest absolute Gasteiger partial charge is 0.282 e. The normalized spacial score (nSPS) is 20.7. The molecular weight excluding hydrogens is 338 g/mol. The topological polar surface area (TPSA) is 54.3 Å². The molecule has 7 heteroatoms. The standard InChI is InChI=1S/C18H23N3O3S/c22-17(13-21-8-10-25-18(21)23)20-6-4-19(5-7-20)12-14-1-2-16-15(11-14)3-9-24-16/h1-2,11H,3-10,12-13H2/p+1. The number of hydrogen-bond donors (Lipinski definition) is 1. The molecule has 1 aromatic rings. The Labute approximate surface area is 152 Å². The number of fused-ring (bicyclic) bond motifs is 1. The van der Waals surface area contributed by atoms with Crippen molar-refractivity contribution in [1.29, 1.82) is 0 Å². The van der Waals surface area contributed by atoms with Crippen LogP contribution >= 0.6 is 11.8 Å². The Morgan fingerprint density at radius 2 is 2.08 bits per heavy atom. The molecule has 3 aliphatic heterocycles. The van der Waals surface area contributed by atoms with E-state index in [4.69, 9.17) is 4.74 Å². The van der Waals surface area contributed by atoms with Gasteiger partial charge in [-0.15, -0.1) is 0 Å². The summed E-state index contributed by atoms with van der Waals surface area (Å²) in [5.74, 6) is 1.92. The lowest BCUT2D eigenvalue weighted by Gasteiger charge is -2.33. The molecule has 2 amide bonds. The second-order valence-electron chi connectivity index (χ2n) is 6.88. The van der Waals surface area contributed by atoms with Crippen LogP contribution in [0.3, 0.4) is 0 Å². The van der Waals surface area contributed by atoms with Gasteiger partial charge in [0.2, 0.25) is 5.91 Å². The van der Waals surface area contributed by atoms with Crippen LogP contribution < -0.4 is 9.64 Å². The van der Waals surface area contributed by atoms with E-state index in [9.17, 15) is 9.59 Å². The summed E-state index contributed by atoms with van der Waals surface area (Å²) in [7, 11) is 0. The number of quaternary nitrogens is 1. The molecule has 1 aromatic carbocycles. The molecule has 25 heavy (non-hydrogen) atoms. The van der Waals surface area contributed by atoms with Crippen LogP contribution in [0.5, 0.6) is 5.75 Å². The third-order valence-electron chi connectivity index (χ3n) is 5.20. The van der Waals surface area contributed by atoms with Gasteiger partial charge in [-0.25, -0.2) is 0 Å². The SMILES string of the molecule is O=C(CN1CCSC1=O)N1CC[NH+](Cc2ccc3c(c2)CCO3)CC1. The van der Waals surface area contributed by atoms with E-state index in [0.29, 0.717) is 6.54 Å². The number of benzene rings is 1. The van der Waals surface area contributed by atoms with Gasteiger partial charge in [-0.3, -0.25) is 9.59 Å². The highest BCUT2D eigenvalue weighted by Crippen LogP contribution is 2.25. The average Bonchev–Trinajstić information content (AvgIpc) is 3.24. The van der Waals surface area contributed by atoms with Crippen molar-refractivity contribution >= 4 is 22.9 Å². The van der Waals surface area contributed by atoms with Gasteiger partial charge >= 0.3 is 0 Å². The van der Waals surface area contributed by atoms with E-state index >= 15 is 0 Å². The minimum absolute atomic E-state index is 0.0400. The highest BCUT2D eigenvalue weighted by molar-refractivity contribution is 8.13. The first-order valence-corrected chi connectivity index (χ1v) is 9.95. The first-order valence-electron chi connectivity index (χ1n) is 8.97. The fourth-order valence-electron chi connectivity index (χ4n) is 3.72. The second-order valence-corrected chi connectivity index (χ2v) is 7.93. The highest BCUT2D eigenvalue weighted by atomic mass is 32.2. The summed E-state index contributed by atoms with van der Waals surface area (Å²) in [5, 5.41) is 0.0400. The maximum absolute atomic E-state index is 12.4. The Morgan fingerprint density at radius 3 is 2.84 bits per heavy atom. The van der Waals surface area contributed by atoms with Gasteiger partial charge in [0.15, 0.2) is 0 Å². The van der Waals surface area contributed by atoms with E-state index in [0.717, 1.165) is 57.3 Å². The molecule has 0 atom stereocenters. The number of hydrogen-bond acceptors (Lipinski definition) is 4. The molecule has 2 saturated heterocycles. The number of piperazine rings is 1. The molecule has 0 spiro atoms. The van der Waals surface area contributed by atoms with Crippen LogP contribution in [0.25, 0.3) is 0 Å². The molecule has 2 fully saturated rings. The van der Waals surface area contributed by atoms with Crippen LogP contribution in [-0.4, -0.2) is 72.6 Å². The van der Waals surface area contributed by atoms with Gasteiger partial charge in [-0.1, -0.05) is 11.8 Å². The number of ether oxygens (including phenoxy) is 1. The van der Waals surface area contributed by atoms with Gasteiger partial charge < -0.3 is 19.4 Å². The van der Waals surface area contributed by atoms with Crippen molar-refractivity contribution in [2.24, 2.45) is 0 Å². The van der Waals surface area contributed by atoms with Crippen LogP contribution in [0.2, 0.25) is 0 Å². The molecule has 6 nitrogen and oxygen atoms in total. The summed E-state index contributed by atoms with van der Waals surface area (Å²) >= 11 is 1.31. The average molecular weight is 362 g/mol. The zero-order valence-electron chi connectivity index (χ0n) is 14.3. The maximum atomic E-state index is 12.4. The summed E-state index contributed by atoms with van der Waals surface area (Å²) in [4.78, 5) is 29.1. The minimum Gasteiger partial charge on any atom is -0.493 e. The number of rotatable bonds is 4. The molecule has 0 unspecified atom stereocenters. The van der Waals surface area contributed by atoms with E-state index in [-0.39, 0.29) is 17.7 Å². The highest BCUT2D eigenvalue weighted by Gasteiger charge is 2.28. The number of amides is 2. The Kier molecular flexibility index (Phi) is 4.85. The largest absolute Gasteiger partial charge is 0.493 e. The second kappa shape index (κ2) is 7.25. The van der Waals surface area contributed by atoms with Gasteiger partial charge in [-0.2, -0.15) is 0 Å². The van der Waals surface area contributed by atoms with Gasteiger partial charge in [0.05, 0.1) is 32.8 Å². The van der Waals surface area contributed by atoms with Crippen LogP contribution in [0.1, 0.15) is 11.1 Å². The Hall–Kier alpha value is -1.73. The fraction of sp³-hybridized carbons (Fsp3) is 0.556. The predicted octanol–water partition coefficient (Wildman–Crippen LogP) is 0.0174. The quantitative estimate of drug-likeness (QED) is 0.820. The molecule has 1 N–H and O–H groups in total.